The standard InChI is InChI=1S/C12H6BrCl2FN2O/c13-7-4-10(11(15)17-5-7)18-12(19)6-1-2-8(14)9(16)3-6/h1-5H,(H,18,19). The fourth-order valence-corrected chi connectivity index (χ4v) is 1.94. The van der Waals surface area contributed by atoms with E-state index in [0.29, 0.717) is 10.2 Å². The zero-order chi connectivity index (χ0) is 14.0. The molecule has 1 heterocycles. The fourth-order valence-electron chi connectivity index (χ4n) is 1.34. The Labute approximate surface area is 126 Å². The van der Waals surface area contributed by atoms with Crippen molar-refractivity contribution < 1.29 is 9.18 Å². The number of carbonyl (C=O) groups excluding carboxylic acids is 1. The van der Waals surface area contributed by atoms with Crippen molar-refractivity contribution in [2.45, 2.75) is 0 Å². The number of benzene rings is 1. The van der Waals surface area contributed by atoms with Crippen LogP contribution in [0.25, 0.3) is 0 Å². The summed E-state index contributed by atoms with van der Waals surface area (Å²) < 4.78 is 13.9. The van der Waals surface area contributed by atoms with Gasteiger partial charge < -0.3 is 5.32 Å². The van der Waals surface area contributed by atoms with Crippen LogP contribution in [0, 0.1) is 5.82 Å². The largest absolute Gasteiger partial charge is 0.319 e. The van der Waals surface area contributed by atoms with Gasteiger partial charge in [0.1, 0.15) is 5.82 Å². The summed E-state index contributed by atoms with van der Waals surface area (Å²) in [5.41, 5.74) is 0.467. The molecule has 0 aliphatic carbocycles. The van der Waals surface area contributed by atoms with E-state index in [1.807, 2.05) is 0 Å². The maximum Gasteiger partial charge on any atom is 0.255 e. The number of hydrogen-bond acceptors (Lipinski definition) is 2. The molecule has 0 atom stereocenters. The smallest absolute Gasteiger partial charge is 0.255 e. The first-order valence-corrected chi connectivity index (χ1v) is 6.59. The van der Waals surface area contributed by atoms with E-state index in [-0.39, 0.29) is 15.7 Å². The summed E-state index contributed by atoms with van der Waals surface area (Å²) in [6.07, 6.45) is 1.50. The Kier molecular flexibility index (Phi) is 4.39. The second kappa shape index (κ2) is 5.86. The van der Waals surface area contributed by atoms with E-state index in [1.165, 1.54) is 18.3 Å². The van der Waals surface area contributed by atoms with E-state index in [0.717, 1.165) is 6.07 Å². The van der Waals surface area contributed by atoms with Crippen LogP contribution in [-0.4, -0.2) is 10.9 Å². The van der Waals surface area contributed by atoms with Gasteiger partial charge in [0.05, 0.1) is 10.7 Å². The molecular weight excluding hydrogens is 358 g/mol. The van der Waals surface area contributed by atoms with Crippen molar-refractivity contribution in [3.8, 4) is 0 Å². The maximum absolute atomic E-state index is 13.3. The predicted octanol–water partition coefficient (Wildman–Crippen LogP) is 4.54. The van der Waals surface area contributed by atoms with Crippen LogP contribution in [0.2, 0.25) is 10.2 Å². The molecule has 0 aliphatic heterocycles. The van der Waals surface area contributed by atoms with Gasteiger partial charge in [-0.15, -0.1) is 0 Å². The number of rotatable bonds is 2. The summed E-state index contributed by atoms with van der Waals surface area (Å²) in [5, 5.41) is 2.64. The average Bonchev–Trinajstić information content (AvgIpc) is 2.37. The highest BCUT2D eigenvalue weighted by atomic mass is 79.9. The van der Waals surface area contributed by atoms with Crippen molar-refractivity contribution >= 4 is 50.7 Å². The molecule has 0 spiro atoms. The third-order valence-electron chi connectivity index (χ3n) is 2.24. The summed E-state index contributed by atoms with van der Waals surface area (Å²) in [5.74, 6) is -1.16. The minimum absolute atomic E-state index is 0.0429. The second-order valence-electron chi connectivity index (χ2n) is 3.57. The fraction of sp³-hybridized carbons (Fsp3) is 0. The number of nitrogens with zero attached hydrogens (tertiary/aromatic N) is 1. The minimum atomic E-state index is -0.659. The number of aromatic nitrogens is 1. The van der Waals surface area contributed by atoms with Crippen LogP contribution in [0.15, 0.2) is 34.9 Å². The number of carbonyl (C=O) groups is 1. The molecule has 0 radical (unpaired) electrons. The first-order valence-electron chi connectivity index (χ1n) is 5.05. The first-order chi connectivity index (χ1) is 8.97. The molecule has 1 aromatic heterocycles. The summed E-state index contributed by atoms with van der Waals surface area (Å²) in [6.45, 7) is 0. The zero-order valence-electron chi connectivity index (χ0n) is 9.25. The van der Waals surface area contributed by atoms with Gasteiger partial charge in [-0.1, -0.05) is 23.2 Å². The molecule has 2 rings (SSSR count). The van der Waals surface area contributed by atoms with Crippen molar-refractivity contribution in [2.24, 2.45) is 0 Å². The van der Waals surface area contributed by atoms with Gasteiger partial charge in [0.2, 0.25) is 0 Å². The van der Waals surface area contributed by atoms with Crippen LogP contribution in [0.4, 0.5) is 10.1 Å². The molecule has 1 amide bonds. The van der Waals surface area contributed by atoms with Crippen LogP contribution in [0.5, 0.6) is 0 Å². The highest BCUT2D eigenvalue weighted by Gasteiger charge is 2.11. The van der Waals surface area contributed by atoms with Crippen LogP contribution in [-0.2, 0) is 0 Å². The lowest BCUT2D eigenvalue weighted by atomic mass is 10.2. The van der Waals surface area contributed by atoms with Gasteiger partial charge in [0.25, 0.3) is 5.91 Å². The Morgan fingerprint density at radius 2 is 2.05 bits per heavy atom. The summed E-state index contributed by atoms with van der Waals surface area (Å²) >= 11 is 14.6. The van der Waals surface area contributed by atoms with Gasteiger partial charge in [-0.05, 0) is 40.2 Å². The Morgan fingerprint density at radius 1 is 1.32 bits per heavy atom. The molecule has 0 saturated carbocycles. The summed E-state index contributed by atoms with van der Waals surface area (Å²) in [4.78, 5) is 15.8. The molecule has 0 fully saturated rings. The Bertz CT molecular complexity index is 652. The SMILES string of the molecule is O=C(Nc1cc(Br)cnc1Cl)c1ccc(Cl)c(F)c1. The predicted molar refractivity (Wildman–Crippen MR) is 76.3 cm³/mol. The third kappa shape index (κ3) is 3.43. The molecule has 7 heteroatoms. The highest BCUT2D eigenvalue weighted by molar-refractivity contribution is 9.10. The number of pyridine rings is 1. The molecule has 0 unspecified atom stereocenters. The normalized spacial score (nSPS) is 10.3. The van der Waals surface area contributed by atoms with Crippen LogP contribution in [0.3, 0.4) is 0 Å². The average molecular weight is 364 g/mol. The number of halogens is 4. The van der Waals surface area contributed by atoms with Crippen molar-refractivity contribution in [1.29, 1.82) is 0 Å². The third-order valence-corrected chi connectivity index (χ3v) is 3.28. The van der Waals surface area contributed by atoms with Gasteiger partial charge in [0.15, 0.2) is 5.15 Å². The van der Waals surface area contributed by atoms with E-state index in [9.17, 15) is 9.18 Å². The quantitative estimate of drug-likeness (QED) is 0.795. The number of amides is 1. The highest BCUT2D eigenvalue weighted by Crippen LogP contribution is 2.24. The topological polar surface area (TPSA) is 42.0 Å². The summed E-state index contributed by atoms with van der Waals surface area (Å²) in [6, 6.07) is 5.38. The lowest BCUT2D eigenvalue weighted by molar-refractivity contribution is 0.102. The molecule has 98 valence electrons. The Hall–Kier alpha value is -1.17. The lowest BCUT2D eigenvalue weighted by Crippen LogP contribution is -2.12. The molecule has 2 aromatic rings. The minimum Gasteiger partial charge on any atom is -0.319 e. The van der Waals surface area contributed by atoms with E-state index in [4.69, 9.17) is 23.2 Å². The van der Waals surface area contributed by atoms with Crippen molar-refractivity contribution in [3.05, 3.63) is 56.5 Å². The van der Waals surface area contributed by atoms with Crippen molar-refractivity contribution in [3.63, 3.8) is 0 Å². The Balaban J connectivity index is 2.25. The van der Waals surface area contributed by atoms with E-state index >= 15 is 0 Å². The molecule has 19 heavy (non-hydrogen) atoms. The number of anilines is 1. The number of hydrogen-bond donors (Lipinski definition) is 1. The molecule has 1 aromatic carbocycles. The maximum atomic E-state index is 13.3. The molecule has 3 nitrogen and oxygen atoms in total. The van der Waals surface area contributed by atoms with Gasteiger partial charge in [0, 0.05) is 16.2 Å². The molecule has 0 bridgehead atoms. The summed E-state index contributed by atoms with van der Waals surface area (Å²) in [7, 11) is 0. The van der Waals surface area contributed by atoms with Gasteiger partial charge in [-0.2, -0.15) is 0 Å². The van der Waals surface area contributed by atoms with E-state index in [2.05, 4.69) is 26.2 Å². The van der Waals surface area contributed by atoms with Crippen molar-refractivity contribution in [2.75, 3.05) is 5.32 Å². The zero-order valence-corrected chi connectivity index (χ0v) is 12.4. The van der Waals surface area contributed by atoms with Crippen LogP contribution < -0.4 is 5.32 Å². The number of nitrogens with one attached hydrogen (secondary N) is 1. The molecular formula is C12H6BrCl2FN2O. The first kappa shape index (κ1) is 14.2. The Morgan fingerprint density at radius 3 is 2.74 bits per heavy atom. The van der Waals surface area contributed by atoms with Gasteiger partial charge in [-0.3, -0.25) is 4.79 Å². The van der Waals surface area contributed by atoms with Gasteiger partial charge in [-0.25, -0.2) is 9.37 Å². The van der Waals surface area contributed by atoms with E-state index < -0.39 is 11.7 Å². The van der Waals surface area contributed by atoms with Crippen molar-refractivity contribution in [1.82, 2.24) is 4.98 Å². The molecule has 1 N–H and O–H groups in total. The molecule has 0 saturated heterocycles. The monoisotopic (exact) mass is 362 g/mol. The van der Waals surface area contributed by atoms with Gasteiger partial charge >= 0.3 is 0 Å². The van der Waals surface area contributed by atoms with Crippen LogP contribution in [0.1, 0.15) is 10.4 Å². The molecule has 0 aliphatic rings. The second-order valence-corrected chi connectivity index (χ2v) is 5.26. The lowest BCUT2D eigenvalue weighted by Gasteiger charge is -2.07. The van der Waals surface area contributed by atoms with Crippen LogP contribution >= 0.6 is 39.1 Å². The van der Waals surface area contributed by atoms with E-state index in [1.54, 1.807) is 6.07 Å².